The summed E-state index contributed by atoms with van der Waals surface area (Å²) in [5, 5.41) is 11.3. The van der Waals surface area contributed by atoms with Gasteiger partial charge in [-0.2, -0.15) is 0 Å². The zero-order chi connectivity index (χ0) is 15.6. The van der Waals surface area contributed by atoms with Crippen LogP contribution in [0, 0.1) is 0 Å². The van der Waals surface area contributed by atoms with Gasteiger partial charge in [0.25, 0.3) is 0 Å². The average Bonchev–Trinajstić information content (AvgIpc) is 2.41. The number of nitrogens with two attached hydrogens (primary N) is 1. The van der Waals surface area contributed by atoms with Gasteiger partial charge in [-0.25, -0.2) is 19.7 Å². The van der Waals surface area contributed by atoms with Gasteiger partial charge in [0, 0.05) is 18.7 Å². The highest BCUT2D eigenvalue weighted by molar-refractivity contribution is 6.35. The number of nitrogens with one attached hydrogen (secondary N) is 1. The van der Waals surface area contributed by atoms with Gasteiger partial charge in [-0.3, -0.25) is 4.79 Å². The van der Waals surface area contributed by atoms with Crippen LogP contribution >= 0.6 is 11.6 Å². The Morgan fingerprint density at radius 1 is 1.33 bits per heavy atom. The molecule has 2 rings (SSSR count). The minimum Gasteiger partial charge on any atom is -0.476 e. The molecule has 0 aliphatic carbocycles. The van der Waals surface area contributed by atoms with E-state index in [9.17, 15) is 9.59 Å². The van der Waals surface area contributed by atoms with E-state index in [0.29, 0.717) is 11.4 Å². The second-order valence-electron chi connectivity index (χ2n) is 4.01. The molecule has 8 nitrogen and oxygen atoms in total. The Bertz CT molecular complexity index is 718. The predicted octanol–water partition coefficient (Wildman–Crippen LogP) is 1.43. The maximum atomic E-state index is 11.0. The highest BCUT2D eigenvalue weighted by Gasteiger charge is 2.17. The smallest absolute Gasteiger partial charge is 0.356 e. The van der Waals surface area contributed by atoms with Crippen LogP contribution in [0.2, 0.25) is 5.02 Å². The minimum atomic E-state index is -1.31. The van der Waals surface area contributed by atoms with Crippen LogP contribution in [-0.4, -0.2) is 31.9 Å². The fourth-order valence-corrected chi connectivity index (χ4v) is 1.68. The second kappa shape index (κ2) is 5.71. The predicted molar refractivity (Wildman–Crippen MR) is 75.9 cm³/mol. The summed E-state index contributed by atoms with van der Waals surface area (Å²) in [6.07, 6.45) is 1.39. The van der Waals surface area contributed by atoms with Crippen molar-refractivity contribution in [1.82, 2.24) is 15.0 Å². The average molecular weight is 308 g/mol. The van der Waals surface area contributed by atoms with Crippen molar-refractivity contribution < 1.29 is 14.7 Å². The third-order valence-corrected chi connectivity index (χ3v) is 2.78. The highest BCUT2D eigenvalue weighted by atomic mass is 35.5. The summed E-state index contributed by atoms with van der Waals surface area (Å²) in [6.45, 7) is 1.36. The summed E-state index contributed by atoms with van der Waals surface area (Å²) in [4.78, 5) is 33.7. The SMILES string of the molecule is CC(=O)Nc1ccc(-c2nc(N)c(Cl)c(C(=O)O)n2)cn1. The maximum absolute atomic E-state index is 11.0. The number of carbonyl (C=O) groups excluding carboxylic acids is 1. The Morgan fingerprint density at radius 2 is 2.05 bits per heavy atom. The highest BCUT2D eigenvalue weighted by Crippen LogP contribution is 2.24. The largest absolute Gasteiger partial charge is 0.476 e. The van der Waals surface area contributed by atoms with Crippen molar-refractivity contribution in [2.24, 2.45) is 0 Å². The first-order chi connectivity index (χ1) is 9.88. The first kappa shape index (κ1) is 14.7. The molecule has 0 unspecified atom stereocenters. The minimum absolute atomic E-state index is 0.0798. The Hall–Kier alpha value is -2.74. The molecule has 0 fully saturated rings. The molecule has 1 amide bonds. The number of anilines is 2. The van der Waals surface area contributed by atoms with Crippen LogP contribution in [0.4, 0.5) is 11.6 Å². The van der Waals surface area contributed by atoms with E-state index < -0.39 is 5.97 Å². The van der Waals surface area contributed by atoms with Gasteiger partial charge < -0.3 is 16.2 Å². The van der Waals surface area contributed by atoms with Crippen LogP contribution in [0.25, 0.3) is 11.4 Å². The monoisotopic (exact) mass is 307 g/mol. The van der Waals surface area contributed by atoms with E-state index in [4.69, 9.17) is 22.4 Å². The molecule has 4 N–H and O–H groups in total. The molecule has 0 saturated heterocycles. The van der Waals surface area contributed by atoms with Crippen molar-refractivity contribution in [1.29, 1.82) is 0 Å². The summed E-state index contributed by atoms with van der Waals surface area (Å²) in [6, 6.07) is 3.11. The molecule has 21 heavy (non-hydrogen) atoms. The quantitative estimate of drug-likeness (QED) is 0.781. The number of hydrogen-bond donors (Lipinski definition) is 3. The molecule has 2 aromatic rings. The zero-order valence-corrected chi connectivity index (χ0v) is 11.5. The van der Waals surface area contributed by atoms with E-state index in [1.165, 1.54) is 19.2 Å². The van der Waals surface area contributed by atoms with E-state index in [1.807, 2.05) is 0 Å². The zero-order valence-electron chi connectivity index (χ0n) is 10.8. The number of nitrogens with zero attached hydrogens (tertiary/aromatic N) is 3. The third-order valence-electron chi connectivity index (χ3n) is 2.41. The van der Waals surface area contributed by atoms with Crippen LogP contribution in [0.15, 0.2) is 18.3 Å². The van der Waals surface area contributed by atoms with Gasteiger partial charge in [0.05, 0.1) is 0 Å². The lowest BCUT2D eigenvalue weighted by Gasteiger charge is -2.06. The summed E-state index contributed by atoms with van der Waals surface area (Å²) in [5.74, 6) is -1.26. The first-order valence-corrected chi connectivity index (χ1v) is 6.06. The lowest BCUT2D eigenvalue weighted by atomic mass is 10.2. The van der Waals surface area contributed by atoms with E-state index >= 15 is 0 Å². The number of aromatic carboxylic acids is 1. The maximum Gasteiger partial charge on any atom is 0.356 e. The van der Waals surface area contributed by atoms with E-state index in [2.05, 4.69) is 20.3 Å². The molecular weight excluding hydrogens is 298 g/mol. The van der Waals surface area contributed by atoms with Gasteiger partial charge in [0.2, 0.25) is 5.91 Å². The fourth-order valence-electron chi connectivity index (χ4n) is 1.52. The molecule has 0 atom stereocenters. The summed E-state index contributed by atoms with van der Waals surface area (Å²) in [7, 11) is 0. The molecule has 0 aromatic carbocycles. The number of aromatic nitrogens is 3. The van der Waals surface area contributed by atoms with Crippen molar-refractivity contribution in [3.05, 3.63) is 29.0 Å². The van der Waals surface area contributed by atoms with Gasteiger partial charge in [0.1, 0.15) is 16.7 Å². The number of carbonyl (C=O) groups is 2. The van der Waals surface area contributed by atoms with Gasteiger partial charge in [-0.05, 0) is 12.1 Å². The number of rotatable bonds is 3. The summed E-state index contributed by atoms with van der Waals surface area (Å²) >= 11 is 5.74. The van der Waals surface area contributed by atoms with Crippen LogP contribution in [0.3, 0.4) is 0 Å². The van der Waals surface area contributed by atoms with Crippen molar-refractivity contribution in [2.45, 2.75) is 6.92 Å². The van der Waals surface area contributed by atoms with E-state index in [0.717, 1.165) is 0 Å². The van der Waals surface area contributed by atoms with Crippen molar-refractivity contribution in [3.63, 3.8) is 0 Å². The van der Waals surface area contributed by atoms with Crippen molar-refractivity contribution >= 4 is 35.1 Å². The molecule has 0 radical (unpaired) electrons. The van der Waals surface area contributed by atoms with Gasteiger partial charge in [-0.1, -0.05) is 11.6 Å². The van der Waals surface area contributed by atoms with E-state index in [-0.39, 0.29) is 28.3 Å². The van der Waals surface area contributed by atoms with Crippen molar-refractivity contribution in [2.75, 3.05) is 11.1 Å². The van der Waals surface area contributed by atoms with Gasteiger partial charge in [-0.15, -0.1) is 0 Å². The topological polar surface area (TPSA) is 131 Å². The molecular formula is C12H10ClN5O3. The molecule has 2 heterocycles. The Balaban J connectivity index is 2.42. The lowest BCUT2D eigenvalue weighted by molar-refractivity contribution is -0.114. The van der Waals surface area contributed by atoms with Crippen molar-refractivity contribution in [3.8, 4) is 11.4 Å². The Kier molecular flexibility index (Phi) is 3.99. The first-order valence-electron chi connectivity index (χ1n) is 5.69. The molecule has 0 aliphatic heterocycles. The number of nitrogen functional groups attached to an aromatic ring is 1. The van der Waals surface area contributed by atoms with Crippen LogP contribution in [0.1, 0.15) is 17.4 Å². The molecule has 2 aromatic heterocycles. The van der Waals surface area contributed by atoms with Gasteiger partial charge in [0.15, 0.2) is 11.5 Å². The normalized spacial score (nSPS) is 10.2. The number of hydrogen-bond acceptors (Lipinski definition) is 6. The second-order valence-corrected chi connectivity index (χ2v) is 4.39. The molecule has 0 bridgehead atoms. The van der Waals surface area contributed by atoms with E-state index in [1.54, 1.807) is 6.07 Å². The lowest BCUT2D eigenvalue weighted by Crippen LogP contribution is -2.09. The fraction of sp³-hybridized carbons (Fsp3) is 0.0833. The molecule has 0 aliphatic rings. The van der Waals surface area contributed by atoms with Crippen LogP contribution in [-0.2, 0) is 4.79 Å². The molecule has 0 spiro atoms. The molecule has 9 heteroatoms. The number of carboxylic acid groups (broad SMARTS) is 1. The van der Waals surface area contributed by atoms with Crippen LogP contribution < -0.4 is 11.1 Å². The van der Waals surface area contributed by atoms with Crippen LogP contribution in [0.5, 0.6) is 0 Å². The molecule has 108 valence electrons. The number of halogens is 1. The summed E-state index contributed by atoms with van der Waals surface area (Å²) < 4.78 is 0. The third kappa shape index (κ3) is 3.23. The summed E-state index contributed by atoms with van der Waals surface area (Å²) in [5.41, 5.74) is 5.62. The number of carboxylic acids is 1. The molecule has 0 saturated carbocycles. The van der Waals surface area contributed by atoms with Gasteiger partial charge >= 0.3 is 5.97 Å². The number of amides is 1. The Labute approximate surface area is 124 Å². The number of pyridine rings is 1. The Morgan fingerprint density at radius 3 is 2.57 bits per heavy atom. The standard InChI is InChI=1S/C12H10ClN5O3/c1-5(19)16-7-3-2-6(4-15-7)11-17-9(12(20)21)8(13)10(14)18-11/h2-4H,1H3,(H,20,21)(H2,14,17,18)(H,15,16,19).